The molecule has 2 heterocycles. The molecular formula is C56H36N2S2. The maximum absolute atomic E-state index is 2.44. The molecule has 0 amide bonds. The molecule has 2 nitrogen and oxygen atoms in total. The fourth-order valence-electron chi connectivity index (χ4n) is 8.94. The molecule has 0 aliphatic heterocycles. The van der Waals surface area contributed by atoms with Crippen molar-refractivity contribution in [2.75, 3.05) is 9.80 Å². The smallest absolute Gasteiger partial charge is 0.0540 e. The van der Waals surface area contributed by atoms with Crippen molar-refractivity contribution in [1.29, 1.82) is 0 Å². The predicted octanol–water partition coefficient (Wildman–Crippen LogP) is 17.3. The molecule has 4 heteroatoms. The van der Waals surface area contributed by atoms with Gasteiger partial charge in [0, 0.05) is 74.3 Å². The minimum absolute atomic E-state index is 1.10. The number of nitrogens with zero attached hydrogens (tertiary/aromatic N) is 2. The van der Waals surface area contributed by atoms with Gasteiger partial charge in [0.25, 0.3) is 0 Å². The number of para-hydroxylation sites is 1. The Morgan fingerprint density at radius 1 is 0.267 bits per heavy atom. The van der Waals surface area contributed by atoms with E-state index in [2.05, 4.69) is 228 Å². The quantitative estimate of drug-likeness (QED) is 0.158. The molecule has 0 spiro atoms. The Balaban J connectivity index is 1.04. The lowest BCUT2D eigenvalue weighted by Crippen LogP contribution is -2.12. The molecule has 0 atom stereocenters. The van der Waals surface area contributed by atoms with E-state index in [0.29, 0.717) is 0 Å². The third-order valence-corrected chi connectivity index (χ3v) is 14.1. The Morgan fingerprint density at radius 2 is 0.717 bits per heavy atom. The Labute approximate surface area is 356 Å². The number of fused-ring (bicyclic) bond motifs is 8. The van der Waals surface area contributed by atoms with Crippen LogP contribution >= 0.6 is 22.7 Å². The number of hydrogen-bond acceptors (Lipinski definition) is 4. The maximum atomic E-state index is 2.44. The number of hydrogen-bond donors (Lipinski definition) is 0. The van der Waals surface area contributed by atoms with Gasteiger partial charge >= 0.3 is 0 Å². The first-order valence-electron chi connectivity index (χ1n) is 20.3. The van der Waals surface area contributed by atoms with Crippen molar-refractivity contribution in [1.82, 2.24) is 0 Å². The van der Waals surface area contributed by atoms with Gasteiger partial charge in [-0.15, -0.1) is 22.7 Å². The van der Waals surface area contributed by atoms with Crippen LogP contribution in [-0.2, 0) is 0 Å². The number of rotatable bonds is 7. The van der Waals surface area contributed by atoms with Crippen LogP contribution in [-0.4, -0.2) is 0 Å². The van der Waals surface area contributed by atoms with E-state index >= 15 is 0 Å². The van der Waals surface area contributed by atoms with Crippen molar-refractivity contribution in [2.24, 2.45) is 0 Å². The van der Waals surface area contributed by atoms with Crippen molar-refractivity contribution in [3.8, 4) is 11.1 Å². The molecule has 2 aromatic heterocycles. The van der Waals surface area contributed by atoms with E-state index in [4.69, 9.17) is 0 Å². The van der Waals surface area contributed by atoms with Crippen molar-refractivity contribution in [2.45, 2.75) is 0 Å². The Kier molecular flexibility index (Phi) is 8.25. The second-order valence-corrected chi connectivity index (χ2v) is 17.5. The number of benzene rings is 10. The second kappa shape index (κ2) is 14.2. The van der Waals surface area contributed by atoms with E-state index < -0.39 is 0 Å². The third-order valence-electron chi connectivity index (χ3n) is 11.8. The predicted molar refractivity (Wildman–Crippen MR) is 262 cm³/mol. The standard InChI is InChI=1S/C56H36N2S2/c1-3-14-39-32-43(26-24-37(39)12-1)57(45-28-30-50-48-19-6-9-22-53(48)59-55(50)35-45)42-17-11-16-41(34-42)47-18-5-8-21-52(47)58(44-27-25-38-13-2-4-15-40(38)33-44)46-29-31-51-49-20-7-10-23-54(49)60-56(51)36-46/h1-36H. The van der Waals surface area contributed by atoms with Gasteiger partial charge in [-0.1, -0.05) is 140 Å². The van der Waals surface area contributed by atoms with Crippen LogP contribution in [0.25, 0.3) is 73.0 Å². The molecule has 282 valence electrons. The molecule has 0 radical (unpaired) electrons. The Morgan fingerprint density at radius 3 is 1.35 bits per heavy atom. The normalized spacial score (nSPS) is 11.7. The SMILES string of the molecule is c1cc(-c2ccccc2N(c2ccc3ccccc3c2)c2ccc3c(c2)sc2ccccc23)cc(N(c2ccc3ccccc3c2)c2ccc3c(c2)sc2ccccc23)c1. The summed E-state index contributed by atoms with van der Waals surface area (Å²) in [4.78, 5) is 4.85. The molecule has 0 fully saturated rings. The number of thiophene rings is 2. The lowest BCUT2D eigenvalue weighted by molar-refractivity contribution is 1.28. The summed E-state index contributed by atoms with van der Waals surface area (Å²) in [5, 5.41) is 10.1. The molecule has 12 rings (SSSR count). The van der Waals surface area contributed by atoms with Crippen molar-refractivity contribution < 1.29 is 0 Å². The summed E-state index contributed by atoms with van der Waals surface area (Å²) in [6.07, 6.45) is 0. The summed E-state index contributed by atoms with van der Waals surface area (Å²) in [6, 6.07) is 80.2. The van der Waals surface area contributed by atoms with Gasteiger partial charge in [-0.2, -0.15) is 0 Å². The highest BCUT2D eigenvalue weighted by atomic mass is 32.1. The van der Waals surface area contributed by atoms with Crippen molar-refractivity contribution in [3.63, 3.8) is 0 Å². The molecule has 0 unspecified atom stereocenters. The zero-order valence-corrected chi connectivity index (χ0v) is 34.1. The molecule has 12 aromatic rings. The summed E-state index contributed by atoms with van der Waals surface area (Å²) >= 11 is 3.72. The lowest BCUT2D eigenvalue weighted by atomic mass is 10.00. The number of anilines is 6. The van der Waals surface area contributed by atoms with Crippen LogP contribution in [0, 0.1) is 0 Å². The van der Waals surface area contributed by atoms with E-state index in [-0.39, 0.29) is 0 Å². The first-order valence-corrected chi connectivity index (χ1v) is 22.0. The summed E-state index contributed by atoms with van der Waals surface area (Å²) in [5.41, 5.74) is 9.01. The highest BCUT2D eigenvalue weighted by molar-refractivity contribution is 7.26. The summed E-state index contributed by atoms with van der Waals surface area (Å²) in [6.45, 7) is 0. The van der Waals surface area contributed by atoms with E-state index in [1.807, 2.05) is 22.7 Å². The van der Waals surface area contributed by atoms with E-state index in [9.17, 15) is 0 Å². The van der Waals surface area contributed by atoms with Crippen molar-refractivity contribution in [3.05, 3.63) is 218 Å². The van der Waals surface area contributed by atoms with Crippen LogP contribution < -0.4 is 9.80 Å². The molecular weight excluding hydrogens is 765 g/mol. The van der Waals surface area contributed by atoms with Gasteiger partial charge in [-0.25, -0.2) is 0 Å². The first kappa shape index (κ1) is 34.8. The van der Waals surface area contributed by atoms with Crippen LogP contribution in [0.2, 0.25) is 0 Å². The molecule has 0 aliphatic carbocycles. The largest absolute Gasteiger partial charge is 0.310 e. The minimum Gasteiger partial charge on any atom is -0.310 e. The highest BCUT2D eigenvalue weighted by Crippen LogP contribution is 2.46. The van der Waals surface area contributed by atoms with Crippen LogP contribution in [0.1, 0.15) is 0 Å². The summed E-state index contributed by atoms with van der Waals surface area (Å²) in [5.74, 6) is 0. The van der Waals surface area contributed by atoms with E-state index in [1.54, 1.807) is 0 Å². The van der Waals surface area contributed by atoms with Crippen LogP contribution in [0.15, 0.2) is 218 Å². The van der Waals surface area contributed by atoms with Gasteiger partial charge < -0.3 is 9.80 Å². The topological polar surface area (TPSA) is 6.48 Å². The van der Waals surface area contributed by atoms with Crippen LogP contribution in [0.5, 0.6) is 0 Å². The summed E-state index contributed by atoms with van der Waals surface area (Å²) < 4.78 is 5.17. The van der Waals surface area contributed by atoms with Gasteiger partial charge in [-0.3, -0.25) is 0 Å². The maximum Gasteiger partial charge on any atom is 0.0540 e. The second-order valence-electron chi connectivity index (χ2n) is 15.4. The monoisotopic (exact) mass is 800 g/mol. The van der Waals surface area contributed by atoms with Crippen LogP contribution in [0.4, 0.5) is 34.1 Å². The molecule has 60 heavy (non-hydrogen) atoms. The average molecular weight is 801 g/mol. The fraction of sp³-hybridized carbons (Fsp3) is 0. The Bertz CT molecular complexity index is 3600. The lowest BCUT2D eigenvalue weighted by Gasteiger charge is -2.29. The third kappa shape index (κ3) is 5.92. The van der Waals surface area contributed by atoms with Gasteiger partial charge in [0.1, 0.15) is 0 Å². The van der Waals surface area contributed by atoms with E-state index in [0.717, 1.165) is 45.3 Å². The van der Waals surface area contributed by atoms with Gasteiger partial charge in [0.2, 0.25) is 0 Å². The first-order chi connectivity index (χ1) is 29.7. The zero-order valence-electron chi connectivity index (χ0n) is 32.5. The van der Waals surface area contributed by atoms with Crippen LogP contribution in [0.3, 0.4) is 0 Å². The highest BCUT2D eigenvalue weighted by Gasteiger charge is 2.21. The van der Waals surface area contributed by atoms with Gasteiger partial charge in [0.15, 0.2) is 0 Å². The molecule has 0 bridgehead atoms. The molecule has 10 aromatic carbocycles. The zero-order chi connectivity index (χ0) is 39.6. The van der Waals surface area contributed by atoms with Gasteiger partial charge in [-0.05, 0) is 106 Å². The molecule has 0 N–H and O–H groups in total. The molecule has 0 aliphatic rings. The van der Waals surface area contributed by atoms with Crippen molar-refractivity contribution >= 4 is 119 Å². The van der Waals surface area contributed by atoms with Gasteiger partial charge in [0.05, 0.1) is 5.69 Å². The Hall–Kier alpha value is -7.24. The molecule has 0 saturated carbocycles. The molecule has 0 saturated heterocycles. The average Bonchev–Trinajstić information content (AvgIpc) is 3.87. The fourth-order valence-corrected chi connectivity index (χ4v) is 11.2. The van der Waals surface area contributed by atoms with E-state index in [1.165, 1.54) is 61.9 Å². The summed E-state index contributed by atoms with van der Waals surface area (Å²) in [7, 11) is 0. The minimum atomic E-state index is 1.10.